The van der Waals surface area contributed by atoms with Crippen LogP contribution in [0.3, 0.4) is 0 Å². The van der Waals surface area contributed by atoms with Crippen LogP contribution in [0.25, 0.3) is 0 Å². The predicted molar refractivity (Wildman–Crippen MR) is 70.8 cm³/mol. The Hall–Kier alpha value is -0.580. The summed E-state index contributed by atoms with van der Waals surface area (Å²) < 4.78 is 5.92. The fraction of sp³-hybridized carbons (Fsp3) is 0.417. The average Bonchev–Trinajstić information content (AvgIpc) is 2.68. The number of rotatable bonds is 3. The zero-order valence-electron chi connectivity index (χ0n) is 8.69. The quantitative estimate of drug-likeness (QED) is 0.621. The van der Waals surface area contributed by atoms with Crippen LogP contribution >= 0.6 is 22.6 Å². The number of hydrogen-bond donors (Lipinski definition) is 0. The second-order valence-corrected chi connectivity index (χ2v) is 5.61. The Morgan fingerprint density at radius 3 is 2.80 bits per heavy atom. The molecule has 1 aromatic carbocycles. The molecule has 1 aromatic rings. The highest BCUT2D eigenvalue weighted by molar-refractivity contribution is 14.1. The van der Waals surface area contributed by atoms with Gasteiger partial charge in [0.25, 0.3) is 0 Å². The van der Waals surface area contributed by atoms with E-state index in [1.54, 1.807) is 0 Å². The topological polar surface area (TPSA) is 21.6 Å². The molecule has 0 aromatic heterocycles. The molecule has 0 spiro atoms. The third-order valence-electron chi connectivity index (χ3n) is 2.39. The smallest absolute Gasteiger partial charge is 0.196 e. The normalized spacial score (nSPS) is 22.0. The van der Waals surface area contributed by atoms with Gasteiger partial charge in [0.05, 0.1) is 9.97 Å². The van der Waals surface area contributed by atoms with Crippen LogP contribution in [-0.4, -0.2) is 22.5 Å². The highest BCUT2D eigenvalue weighted by atomic mass is 127. The second-order valence-electron chi connectivity index (χ2n) is 3.74. The summed E-state index contributed by atoms with van der Waals surface area (Å²) in [5, 5.41) is 0. The highest BCUT2D eigenvalue weighted by Gasteiger charge is 2.21. The van der Waals surface area contributed by atoms with Crippen molar-refractivity contribution in [2.45, 2.75) is 23.3 Å². The van der Waals surface area contributed by atoms with Crippen LogP contribution in [0.1, 0.15) is 12.5 Å². The third-order valence-corrected chi connectivity index (χ3v) is 2.92. The van der Waals surface area contributed by atoms with E-state index in [-0.39, 0.29) is 0 Å². The molecule has 0 N–H and O–H groups in total. The minimum absolute atomic E-state index is 0.305. The zero-order valence-corrected chi connectivity index (χ0v) is 10.8. The largest absolute Gasteiger partial charge is 0.478 e. The van der Waals surface area contributed by atoms with E-state index in [9.17, 15) is 0 Å². The standard InChI is InChI=1S/C12H14INO/c1-9(13)12-14-11(8-15-12)7-10-5-3-2-4-6-10/h2-6,9,11H,7-8H2,1H3/t9?,11-/m1/s1. The van der Waals surface area contributed by atoms with Gasteiger partial charge in [-0.1, -0.05) is 52.9 Å². The van der Waals surface area contributed by atoms with E-state index in [0.29, 0.717) is 9.97 Å². The Kier molecular flexibility index (Phi) is 3.61. The summed E-state index contributed by atoms with van der Waals surface area (Å²) in [6, 6.07) is 10.8. The summed E-state index contributed by atoms with van der Waals surface area (Å²) >= 11 is 2.33. The fourth-order valence-corrected chi connectivity index (χ4v) is 1.98. The molecule has 0 saturated heterocycles. The maximum Gasteiger partial charge on any atom is 0.196 e. The molecule has 3 heteroatoms. The van der Waals surface area contributed by atoms with Gasteiger partial charge in [-0.15, -0.1) is 0 Å². The Morgan fingerprint density at radius 1 is 1.47 bits per heavy atom. The van der Waals surface area contributed by atoms with Crippen LogP contribution in [0, 0.1) is 0 Å². The van der Waals surface area contributed by atoms with Crippen LogP contribution in [-0.2, 0) is 11.2 Å². The van der Waals surface area contributed by atoms with Crippen molar-refractivity contribution in [2.75, 3.05) is 6.61 Å². The molecule has 0 radical (unpaired) electrons. The van der Waals surface area contributed by atoms with Gasteiger partial charge >= 0.3 is 0 Å². The number of hydrogen-bond acceptors (Lipinski definition) is 2. The van der Waals surface area contributed by atoms with Gasteiger partial charge in [-0.25, -0.2) is 4.99 Å². The Balaban J connectivity index is 1.98. The van der Waals surface area contributed by atoms with E-state index >= 15 is 0 Å². The van der Waals surface area contributed by atoms with Gasteiger partial charge in [0, 0.05) is 0 Å². The summed E-state index contributed by atoms with van der Waals surface area (Å²) in [7, 11) is 0. The molecule has 0 bridgehead atoms. The summed E-state index contributed by atoms with van der Waals surface area (Å²) in [5.41, 5.74) is 1.33. The SMILES string of the molecule is CC(I)C1=N[C@H](Cc2ccccc2)CO1. The second kappa shape index (κ2) is 4.96. The molecule has 80 valence electrons. The first-order valence-corrected chi connectivity index (χ1v) is 6.39. The van der Waals surface area contributed by atoms with Crippen LogP contribution in [0.2, 0.25) is 0 Å². The minimum Gasteiger partial charge on any atom is -0.478 e. The lowest BCUT2D eigenvalue weighted by Crippen LogP contribution is -2.10. The van der Waals surface area contributed by atoms with Crippen LogP contribution in [0.15, 0.2) is 35.3 Å². The summed E-state index contributed by atoms with van der Waals surface area (Å²) in [4.78, 5) is 4.57. The van der Waals surface area contributed by atoms with Crippen molar-refractivity contribution in [1.82, 2.24) is 0 Å². The molecule has 1 heterocycles. The van der Waals surface area contributed by atoms with E-state index in [4.69, 9.17) is 4.74 Å². The van der Waals surface area contributed by atoms with Crippen molar-refractivity contribution < 1.29 is 4.74 Å². The van der Waals surface area contributed by atoms with Crippen molar-refractivity contribution in [3.8, 4) is 0 Å². The van der Waals surface area contributed by atoms with Gasteiger partial charge in [0.2, 0.25) is 0 Å². The molecule has 15 heavy (non-hydrogen) atoms. The lowest BCUT2D eigenvalue weighted by Gasteiger charge is -2.04. The van der Waals surface area contributed by atoms with Crippen LogP contribution in [0.5, 0.6) is 0 Å². The Labute approximate surface area is 104 Å². The molecule has 2 rings (SSSR count). The van der Waals surface area contributed by atoms with Gasteiger partial charge in [-0.2, -0.15) is 0 Å². The molecule has 2 nitrogen and oxygen atoms in total. The first-order chi connectivity index (χ1) is 7.25. The zero-order chi connectivity index (χ0) is 10.7. The highest BCUT2D eigenvalue weighted by Crippen LogP contribution is 2.15. The molecular formula is C12H14INO. The van der Waals surface area contributed by atoms with Crippen molar-refractivity contribution in [2.24, 2.45) is 4.99 Å². The van der Waals surface area contributed by atoms with E-state index < -0.39 is 0 Å². The molecule has 1 aliphatic rings. The molecule has 1 unspecified atom stereocenters. The maximum atomic E-state index is 5.54. The number of aliphatic imine (C=N–C) groups is 1. The summed E-state index contributed by atoms with van der Waals surface area (Å²) in [5.74, 6) is 0.900. The summed E-state index contributed by atoms with van der Waals surface area (Å²) in [6.07, 6.45) is 0.980. The van der Waals surface area contributed by atoms with Crippen molar-refractivity contribution >= 4 is 28.5 Å². The van der Waals surface area contributed by atoms with Crippen LogP contribution < -0.4 is 0 Å². The molecular weight excluding hydrogens is 301 g/mol. The minimum atomic E-state index is 0.305. The van der Waals surface area contributed by atoms with E-state index in [2.05, 4.69) is 58.8 Å². The van der Waals surface area contributed by atoms with Gasteiger partial charge in [0.1, 0.15) is 6.61 Å². The third kappa shape index (κ3) is 2.93. The maximum absolute atomic E-state index is 5.54. The van der Waals surface area contributed by atoms with Crippen molar-refractivity contribution in [3.05, 3.63) is 35.9 Å². The van der Waals surface area contributed by atoms with Crippen molar-refractivity contribution in [3.63, 3.8) is 0 Å². The number of halogens is 1. The fourth-order valence-electron chi connectivity index (χ4n) is 1.64. The Bertz CT molecular complexity index is 348. The monoisotopic (exact) mass is 315 g/mol. The number of ether oxygens (including phenoxy) is 1. The van der Waals surface area contributed by atoms with Gasteiger partial charge in [0.15, 0.2) is 5.90 Å². The summed E-state index contributed by atoms with van der Waals surface area (Å²) in [6.45, 7) is 2.84. The van der Waals surface area contributed by atoms with E-state index in [1.165, 1.54) is 5.56 Å². The molecule has 0 aliphatic carbocycles. The average molecular weight is 315 g/mol. The molecule has 2 atom stereocenters. The van der Waals surface area contributed by atoms with Crippen LogP contribution in [0.4, 0.5) is 0 Å². The molecule has 1 aliphatic heterocycles. The molecule has 0 saturated carbocycles. The molecule has 0 fully saturated rings. The number of alkyl halides is 1. The Morgan fingerprint density at radius 2 is 2.20 bits per heavy atom. The number of benzene rings is 1. The number of nitrogens with zero attached hydrogens (tertiary/aromatic N) is 1. The van der Waals surface area contributed by atoms with Gasteiger partial charge in [-0.3, -0.25) is 0 Å². The first-order valence-electron chi connectivity index (χ1n) is 5.14. The first kappa shape index (κ1) is 10.9. The van der Waals surface area contributed by atoms with Gasteiger partial charge in [-0.05, 0) is 18.9 Å². The molecule has 0 amide bonds. The predicted octanol–water partition coefficient (Wildman–Crippen LogP) is 2.85. The lowest BCUT2D eigenvalue weighted by molar-refractivity contribution is 0.312. The van der Waals surface area contributed by atoms with Gasteiger partial charge < -0.3 is 4.74 Å². The van der Waals surface area contributed by atoms with E-state index in [1.807, 2.05) is 6.07 Å². The van der Waals surface area contributed by atoms with E-state index in [0.717, 1.165) is 18.9 Å². The van der Waals surface area contributed by atoms with Crippen molar-refractivity contribution in [1.29, 1.82) is 0 Å². The lowest BCUT2D eigenvalue weighted by atomic mass is 10.1.